The lowest BCUT2D eigenvalue weighted by atomic mass is 10.0. The van der Waals surface area contributed by atoms with Crippen LogP contribution in [0.2, 0.25) is 0 Å². The Morgan fingerprint density at radius 2 is 1.88 bits per heavy atom. The first-order valence-corrected chi connectivity index (χ1v) is 4.71. The highest BCUT2D eigenvalue weighted by molar-refractivity contribution is 5.77. The number of carboxylic acid groups (broad SMARTS) is 1. The van der Waals surface area contributed by atoms with Crippen molar-refractivity contribution in [3.8, 4) is 0 Å². The van der Waals surface area contributed by atoms with Crippen LogP contribution >= 0.6 is 0 Å². The first-order chi connectivity index (χ1) is 7.52. The highest BCUT2D eigenvalue weighted by Crippen LogP contribution is 2.19. The summed E-state index contributed by atoms with van der Waals surface area (Å²) in [4.78, 5) is 21.5. The molecule has 5 heteroatoms. The number of carbonyl (C=O) groups is 2. The fraction of sp³-hybridized carbons (Fsp3) is 0.273. The number of benzene rings is 1. The van der Waals surface area contributed by atoms with Gasteiger partial charge in [-0.3, -0.25) is 4.79 Å². The fourth-order valence-electron chi connectivity index (χ4n) is 1.35. The number of nitrogens with one attached hydrogen (secondary N) is 1. The van der Waals surface area contributed by atoms with Crippen molar-refractivity contribution in [1.29, 1.82) is 0 Å². The van der Waals surface area contributed by atoms with Crippen LogP contribution in [0.25, 0.3) is 0 Å². The fourth-order valence-corrected chi connectivity index (χ4v) is 1.35. The lowest BCUT2D eigenvalue weighted by Gasteiger charge is -2.19. The monoisotopic (exact) mass is 225 g/mol. The number of amides is 1. The maximum absolute atomic E-state index is 13.4. The predicted octanol–water partition coefficient (Wildman–Crippen LogP) is 1.29. The molecule has 0 aromatic heterocycles. The summed E-state index contributed by atoms with van der Waals surface area (Å²) in [7, 11) is 0. The lowest BCUT2D eigenvalue weighted by Crippen LogP contribution is -2.36. The van der Waals surface area contributed by atoms with E-state index in [0.29, 0.717) is 5.56 Å². The van der Waals surface area contributed by atoms with Gasteiger partial charge in [0.15, 0.2) is 0 Å². The third-order valence-corrected chi connectivity index (χ3v) is 2.05. The predicted molar refractivity (Wildman–Crippen MR) is 55.5 cm³/mol. The molecular weight excluding hydrogens is 213 g/mol. The van der Waals surface area contributed by atoms with Crippen LogP contribution in [0.4, 0.5) is 4.39 Å². The van der Waals surface area contributed by atoms with E-state index in [2.05, 4.69) is 5.32 Å². The molecule has 0 saturated heterocycles. The molecule has 0 radical (unpaired) electrons. The van der Waals surface area contributed by atoms with Gasteiger partial charge in [-0.25, -0.2) is 9.18 Å². The molecule has 1 amide bonds. The van der Waals surface area contributed by atoms with Gasteiger partial charge < -0.3 is 10.4 Å². The number of hydrogen-bond donors (Lipinski definition) is 2. The zero-order chi connectivity index (χ0) is 12.1. The summed E-state index contributed by atoms with van der Waals surface area (Å²) in [6.45, 7) is 1.21. The summed E-state index contributed by atoms with van der Waals surface area (Å²) in [5.74, 6) is -2.07. The first kappa shape index (κ1) is 12.2. The Labute approximate surface area is 92.1 Å². The molecule has 0 heterocycles. The lowest BCUT2D eigenvalue weighted by molar-refractivity contribution is -0.144. The maximum atomic E-state index is 13.4. The number of hydrogen-bond acceptors (Lipinski definition) is 2. The molecule has 1 rings (SSSR count). The molecule has 0 bridgehead atoms. The van der Waals surface area contributed by atoms with E-state index in [1.165, 1.54) is 6.92 Å². The number of halogens is 1. The van der Waals surface area contributed by atoms with E-state index in [0.717, 1.165) is 0 Å². The van der Waals surface area contributed by atoms with Gasteiger partial charge in [-0.2, -0.15) is 0 Å². The largest absolute Gasteiger partial charge is 0.479 e. The van der Waals surface area contributed by atoms with Gasteiger partial charge >= 0.3 is 5.97 Å². The number of carbonyl (C=O) groups excluding carboxylic acids is 1. The highest BCUT2D eigenvalue weighted by atomic mass is 19.1. The van der Waals surface area contributed by atoms with Crippen molar-refractivity contribution in [3.63, 3.8) is 0 Å². The standard InChI is InChI=1S/C11H12FNO3/c1-7(14)13-10(9(12)11(15)16)8-5-3-2-4-6-8/h2-6,9-10H,1H3,(H,13,14)(H,15,16)/t9-,10-/m0/s1. The number of rotatable bonds is 4. The van der Waals surface area contributed by atoms with Crippen LogP contribution in [0, 0.1) is 0 Å². The second kappa shape index (κ2) is 5.25. The van der Waals surface area contributed by atoms with Crippen LogP contribution in [0.5, 0.6) is 0 Å². The van der Waals surface area contributed by atoms with Gasteiger partial charge in [-0.05, 0) is 5.56 Å². The van der Waals surface area contributed by atoms with Gasteiger partial charge in [-0.15, -0.1) is 0 Å². The van der Waals surface area contributed by atoms with Crippen LogP contribution in [-0.4, -0.2) is 23.2 Å². The second-order valence-electron chi connectivity index (χ2n) is 3.33. The Morgan fingerprint density at radius 1 is 1.31 bits per heavy atom. The average molecular weight is 225 g/mol. The zero-order valence-corrected chi connectivity index (χ0v) is 8.68. The minimum Gasteiger partial charge on any atom is -0.479 e. The van der Waals surface area contributed by atoms with Gasteiger partial charge in [0.2, 0.25) is 12.1 Å². The average Bonchev–Trinajstić information content (AvgIpc) is 2.26. The van der Waals surface area contributed by atoms with Gasteiger partial charge in [0.25, 0.3) is 0 Å². The minimum atomic E-state index is -2.16. The summed E-state index contributed by atoms with van der Waals surface area (Å²) < 4.78 is 13.4. The van der Waals surface area contributed by atoms with E-state index < -0.39 is 24.1 Å². The Kier molecular flexibility index (Phi) is 3.99. The van der Waals surface area contributed by atoms with E-state index in [9.17, 15) is 14.0 Å². The minimum absolute atomic E-state index is 0.424. The topological polar surface area (TPSA) is 66.4 Å². The molecule has 0 aliphatic rings. The zero-order valence-electron chi connectivity index (χ0n) is 8.68. The molecule has 1 aromatic rings. The Hall–Kier alpha value is -1.91. The van der Waals surface area contributed by atoms with E-state index in [4.69, 9.17) is 5.11 Å². The molecule has 0 aliphatic carbocycles. The van der Waals surface area contributed by atoms with Crippen LogP contribution in [-0.2, 0) is 9.59 Å². The molecule has 86 valence electrons. The van der Waals surface area contributed by atoms with Gasteiger partial charge in [0, 0.05) is 6.92 Å². The van der Waals surface area contributed by atoms with Crippen LogP contribution in [0.1, 0.15) is 18.5 Å². The van der Waals surface area contributed by atoms with E-state index in [1.54, 1.807) is 30.3 Å². The molecule has 1 aromatic carbocycles. The summed E-state index contributed by atoms with van der Waals surface area (Å²) >= 11 is 0. The molecule has 0 unspecified atom stereocenters. The highest BCUT2D eigenvalue weighted by Gasteiger charge is 2.29. The Balaban J connectivity index is 2.96. The summed E-state index contributed by atoms with van der Waals surface area (Å²) in [5, 5.41) is 10.9. The number of carboxylic acids is 1. The SMILES string of the molecule is CC(=O)N[C@@H](c1ccccc1)[C@H](F)C(=O)O. The van der Waals surface area contributed by atoms with Gasteiger partial charge in [0.05, 0.1) is 6.04 Å². The normalized spacial score (nSPS) is 13.9. The van der Waals surface area contributed by atoms with Gasteiger partial charge in [0.1, 0.15) is 0 Å². The molecule has 16 heavy (non-hydrogen) atoms. The van der Waals surface area contributed by atoms with Crippen molar-refractivity contribution in [2.45, 2.75) is 19.1 Å². The van der Waals surface area contributed by atoms with Crippen molar-refractivity contribution < 1.29 is 19.1 Å². The molecule has 0 spiro atoms. The molecule has 0 aliphatic heterocycles. The number of alkyl halides is 1. The van der Waals surface area contributed by atoms with Crippen molar-refractivity contribution in [3.05, 3.63) is 35.9 Å². The molecule has 4 nitrogen and oxygen atoms in total. The van der Waals surface area contributed by atoms with Crippen molar-refractivity contribution >= 4 is 11.9 Å². The molecule has 2 N–H and O–H groups in total. The maximum Gasteiger partial charge on any atom is 0.340 e. The van der Waals surface area contributed by atoms with E-state index >= 15 is 0 Å². The van der Waals surface area contributed by atoms with Crippen LogP contribution < -0.4 is 5.32 Å². The van der Waals surface area contributed by atoms with Gasteiger partial charge in [-0.1, -0.05) is 30.3 Å². The molecule has 2 atom stereocenters. The third-order valence-electron chi connectivity index (χ3n) is 2.05. The van der Waals surface area contributed by atoms with Crippen molar-refractivity contribution in [1.82, 2.24) is 5.32 Å². The Morgan fingerprint density at radius 3 is 2.31 bits per heavy atom. The molecular formula is C11H12FNO3. The van der Waals surface area contributed by atoms with Crippen molar-refractivity contribution in [2.24, 2.45) is 0 Å². The molecule has 0 saturated carbocycles. The third kappa shape index (κ3) is 3.05. The quantitative estimate of drug-likeness (QED) is 0.811. The summed E-state index contributed by atoms with van der Waals surface area (Å²) in [6.07, 6.45) is -2.16. The van der Waals surface area contributed by atoms with Crippen LogP contribution in [0.15, 0.2) is 30.3 Å². The molecule has 0 fully saturated rings. The smallest absolute Gasteiger partial charge is 0.340 e. The van der Waals surface area contributed by atoms with Crippen molar-refractivity contribution in [2.75, 3.05) is 0 Å². The summed E-state index contributed by atoms with van der Waals surface area (Å²) in [5.41, 5.74) is 0.424. The Bertz CT molecular complexity index is 380. The second-order valence-corrected chi connectivity index (χ2v) is 3.33. The van der Waals surface area contributed by atoms with Crippen LogP contribution in [0.3, 0.4) is 0 Å². The number of aliphatic carboxylic acids is 1. The summed E-state index contributed by atoms with van der Waals surface area (Å²) in [6, 6.07) is 7.00. The van der Waals surface area contributed by atoms with E-state index in [-0.39, 0.29) is 0 Å². The first-order valence-electron chi connectivity index (χ1n) is 4.71. The van der Waals surface area contributed by atoms with E-state index in [1.807, 2.05) is 0 Å².